The average Bonchev–Trinajstić information content (AvgIpc) is 2.28. The second kappa shape index (κ2) is 6.07. The molecule has 17 heavy (non-hydrogen) atoms. The molecule has 2 unspecified atom stereocenters. The Morgan fingerprint density at radius 2 is 1.88 bits per heavy atom. The molecule has 0 saturated carbocycles. The zero-order valence-electron chi connectivity index (χ0n) is 10.4. The van der Waals surface area contributed by atoms with Crippen molar-refractivity contribution in [2.75, 3.05) is 6.54 Å². The standard InChI is InChI=1S/C13H19F2NO/c1-8(2)7-16-9(3)13(17)11-6-10(14)4-5-12(11)15/h4-6,8-9,13,16-17H,7H2,1-3H3. The number of benzene rings is 1. The van der Waals surface area contributed by atoms with Gasteiger partial charge in [0.1, 0.15) is 11.6 Å². The van der Waals surface area contributed by atoms with Crippen LogP contribution in [0.2, 0.25) is 0 Å². The van der Waals surface area contributed by atoms with Crippen molar-refractivity contribution in [1.29, 1.82) is 0 Å². The fourth-order valence-corrected chi connectivity index (χ4v) is 1.54. The van der Waals surface area contributed by atoms with Gasteiger partial charge >= 0.3 is 0 Å². The third-order valence-electron chi connectivity index (χ3n) is 2.60. The van der Waals surface area contributed by atoms with Crippen LogP contribution in [0.1, 0.15) is 32.4 Å². The molecule has 0 amide bonds. The van der Waals surface area contributed by atoms with Crippen molar-refractivity contribution < 1.29 is 13.9 Å². The summed E-state index contributed by atoms with van der Waals surface area (Å²) in [6.45, 7) is 6.54. The van der Waals surface area contributed by atoms with E-state index in [1.807, 2.05) is 13.8 Å². The van der Waals surface area contributed by atoms with Crippen molar-refractivity contribution in [2.45, 2.75) is 32.9 Å². The highest BCUT2D eigenvalue weighted by atomic mass is 19.1. The van der Waals surface area contributed by atoms with Crippen LogP contribution in [0.3, 0.4) is 0 Å². The van der Waals surface area contributed by atoms with E-state index in [4.69, 9.17) is 0 Å². The Hall–Kier alpha value is -1.00. The Morgan fingerprint density at radius 1 is 1.24 bits per heavy atom. The Bertz CT molecular complexity index is 368. The highest BCUT2D eigenvalue weighted by Gasteiger charge is 2.20. The van der Waals surface area contributed by atoms with Gasteiger partial charge in [-0.25, -0.2) is 8.78 Å². The Labute approximate surface area is 101 Å². The molecule has 0 aromatic heterocycles. The molecule has 2 nitrogen and oxygen atoms in total. The molecular weight excluding hydrogens is 224 g/mol. The first-order chi connectivity index (χ1) is 7.91. The van der Waals surface area contributed by atoms with Crippen molar-refractivity contribution in [3.63, 3.8) is 0 Å². The summed E-state index contributed by atoms with van der Waals surface area (Å²) in [6.07, 6.45) is -1.05. The van der Waals surface area contributed by atoms with Gasteiger partial charge in [0.05, 0.1) is 6.10 Å². The molecule has 0 heterocycles. The third-order valence-corrected chi connectivity index (χ3v) is 2.60. The predicted octanol–water partition coefficient (Wildman–Crippen LogP) is 2.63. The van der Waals surface area contributed by atoms with E-state index in [0.29, 0.717) is 5.92 Å². The molecule has 0 fully saturated rings. The predicted molar refractivity (Wildman–Crippen MR) is 63.6 cm³/mol. The maximum Gasteiger partial charge on any atom is 0.129 e. The fraction of sp³-hybridized carbons (Fsp3) is 0.538. The number of hydrogen-bond acceptors (Lipinski definition) is 2. The summed E-state index contributed by atoms with van der Waals surface area (Å²) < 4.78 is 26.4. The molecule has 4 heteroatoms. The van der Waals surface area contributed by atoms with Crippen LogP contribution in [0.5, 0.6) is 0 Å². The second-order valence-corrected chi connectivity index (χ2v) is 4.70. The van der Waals surface area contributed by atoms with E-state index >= 15 is 0 Å². The zero-order chi connectivity index (χ0) is 13.0. The molecule has 1 aromatic rings. The van der Waals surface area contributed by atoms with Gasteiger partial charge in [-0.15, -0.1) is 0 Å². The van der Waals surface area contributed by atoms with Gasteiger partial charge in [-0.2, -0.15) is 0 Å². The van der Waals surface area contributed by atoms with E-state index in [9.17, 15) is 13.9 Å². The maximum atomic E-state index is 13.4. The van der Waals surface area contributed by atoms with Gasteiger partial charge < -0.3 is 10.4 Å². The molecule has 0 radical (unpaired) electrons. The minimum atomic E-state index is -1.05. The highest BCUT2D eigenvalue weighted by Crippen LogP contribution is 2.21. The number of rotatable bonds is 5. The van der Waals surface area contributed by atoms with E-state index in [1.54, 1.807) is 6.92 Å². The minimum absolute atomic E-state index is 0.00578. The van der Waals surface area contributed by atoms with Gasteiger partial charge in [0, 0.05) is 11.6 Å². The molecule has 0 aliphatic carbocycles. The second-order valence-electron chi connectivity index (χ2n) is 4.70. The first-order valence-corrected chi connectivity index (χ1v) is 5.78. The topological polar surface area (TPSA) is 32.3 Å². The first-order valence-electron chi connectivity index (χ1n) is 5.78. The summed E-state index contributed by atoms with van der Waals surface area (Å²) in [7, 11) is 0. The lowest BCUT2D eigenvalue weighted by atomic mass is 10.0. The van der Waals surface area contributed by atoms with Gasteiger partial charge in [-0.3, -0.25) is 0 Å². The van der Waals surface area contributed by atoms with Crippen LogP contribution in [-0.2, 0) is 0 Å². The van der Waals surface area contributed by atoms with Crippen molar-refractivity contribution in [1.82, 2.24) is 5.32 Å². The number of nitrogens with one attached hydrogen (secondary N) is 1. The van der Waals surface area contributed by atoms with Gasteiger partial charge in [-0.1, -0.05) is 13.8 Å². The van der Waals surface area contributed by atoms with Crippen LogP contribution in [0.4, 0.5) is 8.78 Å². The van der Waals surface area contributed by atoms with Crippen molar-refractivity contribution >= 4 is 0 Å². The molecule has 0 bridgehead atoms. The van der Waals surface area contributed by atoms with Crippen LogP contribution >= 0.6 is 0 Å². The maximum absolute atomic E-state index is 13.4. The van der Waals surface area contributed by atoms with E-state index in [2.05, 4.69) is 5.32 Å². The molecule has 0 aliphatic rings. The van der Waals surface area contributed by atoms with E-state index in [1.165, 1.54) is 0 Å². The summed E-state index contributed by atoms with van der Waals surface area (Å²) in [5.74, 6) is -0.699. The Morgan fingerprint density at radius 3 is 2.47 bits per heavy atom. The van der Waals surface area contributed by atoms with Crippen molar-refractivity contribution in [3.05, 3.63) is 35.4 Å². The molecule has 2 N–H and O–H groups in total. The highest BCUT2D eigenvalue weighted by molar-refractivity contribution is 5.22. The van der Waals surface area contributed by atoms with Crippen LogP contribution in [0, 0.1) is 17.6 Å². The smallest absolute Gasteiger partial charge is 0.129 e. The first kappa shape index (κ1) is 14.1. The molecule has 2 atom stereocenters. The molecule has 0 aliphatic heterocycles. The van der Waals surface area contributed by atoms with Crippen molar-refractivity contribution in [2.24, 2.45) is 5.92 Å². The van der Waals surface area contributed by atoms with Gasteiger partial charge in [0.15, 0.2) is 0 Å². The van der Waals surface area contributed by atoms with E-state index in [-0.39, 0.29) is 11.6 Å². The summed E-state index contributed by atoms with van der Waals surface area (Å²) in [5.41, 5.74) is -0.00578. The summed E-state index contributed by atoms with van der Waals surface area (Å²) in [5, 5.41) is 13.0. The van der Waals surface area contributed by atoms with Gasteiger partial charge in [-0.05, 0) is 37.6 Å². The average molecular weight is 243 g/mol. The fourth-order valence-electron chi connectivity index (χ4n) is 1.54. The lowest BCUT2D eigenvalue weighted by Crippen LogP contribution is -2.35. The number of aliphatic hydroxyl groups is 1. The number of aliphatic hydroxyl groups excluding tert-OH is 1. The van der Waals surface area contributed by atoms with Gasteiger partial charge in [0.2, 0.25) is 0 Å². The SMILES string of the molecule is CC(C)CNC(C)C(O)c1cc(F)ccc1F. The summed E-state index contributed by atoms with van der Waals surface area (Å²) in [6, 6.07) is 2.78. The molecule has 96 valence electrons. The monoisotopic (exact) mass is 243 g/mol. The van der Waals surface area contributed by atoms with Crippen LogP contribution in [0.15, 0.2) is 18.2 Å². The van der Waals surface area contributed by atoms with E-state index < -0.39 is 17.7 Å². The molecule has 0 saturated heterocycles. The third kappa shape index (κ3) is 4.06. The lowest BCUT2D eigenvalue weighted by molar-refractivity contribution is 0.130. The molecule has 1 aromatic carbocycles. The van der Waals surface area contributed by atoms with Gasteiger partial charge in [0.25, 0.3) is 0 Å². The minimum Gasteiger partial charge on any atom is -0.387 e. The number of halogens is 2. The quantitative estimate of drug-likeness (QED) is 0.833. The van der Waals surface area contributed by atoms with Crippen LogP contribution in [0.25, 0.3) is 0 Å². The van der Waals surface area contributed by atoms with E-state index in [0.717, 1.165) is 24.7 Å². The largest absolute Gasteiger partial charge is 0.387 e. The Kier molecular flexibility index (Phi) is 5.02. The normalized spacial score (nSPS) is 15.0. The Balaban J connectivity index is 2.74. The molecule has 1 rings (SSSR count). The lowest BCUT2D eigenvalue weighted by Gasteiger charge is -2.22. The number of hydrogen-bond donors (Lipinski definition) is 2. The molecule has 0 spiro atoms. The van der Waals surface area contributed by atoms with Crippen molar-refractivity contribution in [3.8, 4) is 0 Å². The van der Waals surface area contributed by atoms with Crippen LogP contribution in [-0.4, -0.2) is 17.7 Å². The summed E-state index contributed by atoms with van der Waals surface area (Å²) in [4.78, 5) is 0. The zero-order valence-corrected chi connectivity index (χ0v) is 10.4. The summed E-state index contributed by atoms with van der Waals surface area (Å²) >= 11 is 0. The van der Waals surface area contributed by atoms with Crippen LogP contribution < -0.4 is 5.32 Å². The molecular formula is C13H19F2NO.